The summed E-state index contributed by atoms with van der Waals surface area (Å²) >= 11 is 0. The largest absolute Gasteiger partial charge is 0.330 e. The Morgan fingerprint density at radius 1 is 1.13 bits per heavy atom. The Morgan fingerprint density at radius 3 is 2.40 bits per heavy atom. The minimum atomic E-state index is 0.804. The van der Waals surface area contributed by atoms with Gasteiger partial charge in [0.15, 0.2) is 0 Å². The van der Waals surface area contributed by atoms with Crippen LogP contribution in [-0.4, -0.2) is 25.0 Å². The van der Waals surface area contributed by atoms with E-state index in [-0.39, 0.29) is 0 Å². The van der Waals surface area contributed by atoms with Crippen molar-refractivity contribution in [3.8, 4) is 0 Å². The number of rotatable bonds is 6. The number of nitrogens with two attached hydrogens (primary N) is 1. The third kappa shape index (κ3) is 4.96. The molecule has 2 N–H and O–H groups in total. The highest BCUT2D eigenvalue weighted by Crippen LogP contribution is 2.06. The molecule has 1 aromatic rings. The third-order valence-corrected chi connectivity index (χ3v) is 2.57. The first kappa shape index (κ1) is 12.2. The molecule has 2 heteroatoms. The van der Waals surface area contributed by atoms with Crippen molar-refractivity contribution in [2.45, 2.75) is 26.3 Å². The summed E-state index contributed by atoms with van der Waals surface area (Å²) in [6, 6.07) is 8.75. The summed E-state index contributed by atoms with van der Waals surface area (Å²) in [5.74, 6) is 0. The molecule has 0 heterocycles. The molecular formula is C13H22N2. The predicted octanol–water partition coefficient (Wildman–Crippen LogP) is 2.17. The molecule has 0 atom stereocenters. The first-order valence-electron chi connectivity index (χ1n) is 5.66. The summed E-state index contributed by atoms with van der Waals surface area (Å²) in [6.07, 6.45) is 2.32. The molecule has 0 aliphatic rings. The fraction of sp³-hybridized carbons (Fsp3) is 0.538. The zero-order valence-electron chi connectivity index (χ0n) is 9.87. The van der Waals surface area contributed by atoms with Gasteiger partial charge in [-0.15, -0.1) is 0 Å². The SMILES string of the molecule is Cc1ccc(CN(C)CCCCN)cc1. The van der Waals surface area contributed by atoms with E-state index in [0.717, 1.165) is 26.1 Å². The van der Waals surface area contributed by atoms with Crippen LogP contribution in [0.5, 0.6) is 0 Å². The fourth-order valence-electron chi connectivity index (χ4n) is 1.61. The summed E-state index contributed by atoms with van der Waals surface area (Å²) in [6.45, 7) is 5.09. The summed E-state index contributed by atoms with van der Waals surface area (Å²) in [4.78, 5) is 2.35. The van der Waals surface area contributed by atoms with Gasteiger partial charge in [0.2, 0.25) is 0 Å². The van der Waals surface area contributed by atoms with E-state index >= 15 is 0 Å². The van der Waals surface area contributed by atoms with E-state index in [1.54, 1.807) is 0 Å². The van der Waals surface area contributed by atoms with Crippen LogP contribution in [0.1, 0.15) is 24.0 Å². The Hall–Kier alpha value is -0.860. The second-order valence-electron chi connectivity index (χ2n) is 4.22. The molecule has 84 valence electrons. The van der Waals surface area contributed by atoms with Gasteiger partial charge in [0, 0.05) is 6.54 Å². The van der Waals surface area contributed by atoms with Gasteiger partial charge < -0.3 is 10.6 Å². The number of hydrogen-bond acceptors (Lipinski definition) is 2. The summed E-state index contributed by atoms with van der Waals surface area (Å²) in [7, 11) is 2.16. The van der Waals surface area contributed by atoms with E-state index in [1.165, 1.54) is 17.5 Å². The minimum Gasteiger partial charge on any atom is -0.330 e. The van der Waals surface area contributed by atoms with Gasteiger partial charge in [-0.25, -0.2) is 0 Å². The number of aryl methyl sites for hydroxylation is 1. The lowest BCUT2D eigenvalue weighted by molar-refractivity contribution is 0.319. The van der Waals surface area contributed by atoms with Crippen LogP contribution in [0.25, 0.3) is 0 Å². The van der Waals surface area contributed by atoms with Gasteiger partial charge in [-0.3, -0.25) is 0 Å². The van der Waals surface area contributed by atoms with Crippen molar-refractivity contribution in [3.63, 3.8) is 0 Å². The lowest BCUT2D eigenvalue weighted by Crippen LogP contribution is -2.19. The average molecular weight is 206 g/mol. The van der Waals surface area contributed by atoms with Crippen LogP contribution < -0.4 is 5.73 Å². The number of unbranched alkanes of at least 4 members (excludes halogenated alkanes) is 1. The van der Waals surface area contributed by atoms with Crippen molar-refractivity contribution < 1.29 is 0 Å². The summed E-state index contributed by atoms with van der Waals surface area (Å²) in [5, 5.41) is 0. The van der Waals surface area contributed by atoms with Gasteiger partial charge in [-0.2, -0.15) is 0 Å². The maximum atomic E-state index is 5.47. The zero-order valence-corrected chi connectivity index (χ0v) is 9.87. The Balaban J connectivity index is 2.31. The molecule has 15 heavy (non-hydrogen) atoms. The highest BCUT2D eigenvalue weighted by atomic mass is 15.1. The van der Waals surface area contributed by atoms with Gasteiger partial charge in [0.05, 0.1) is 0 Å². The smallest absolute Gasteiger partial charge is 0.0230 e. The Morgan fingerprint density at radius 2 is 1.80 bits per heavy atom. The van der Waals surface area contributed by atoms with Crippen molar-refractivity contribution in [2.24, 2.45) is 5.73 Å². The fourth-order valence-corrected chi connectivity index (χ4v) is 1.61. The first-order chi connectivity index (χ1) is 7.22. The van der Waals surface area contributed by atoms with Crippen LogP contribution >= 0.6 is 0 Å². The van der Waals surface area contributed by atoms with E-state index in [0.29, 0.717) is 0 Å². The Kier molecular flexibility index (Phi) is 5.37. The average Bonchev–Trinajstić information content (AvgIpc) is 2.22. The summed E-state index contributed by atoms with van der Waals surface area (Å²) in [5.41, 5.74) is 8.17. The van der Waals surface area contributed by atoms with Crippen molar-refractivity contribution in [2.75, 3.05) is 20.1 Å². The molecule has 0 amide bonds. The van der Waals surface area contributed by atoms with E-state index in [9.17, 15) is 0 Å². The quantitative estimate of drug-likeness (QED) is 0.723. The van der Waals surface area contributed by atoms with Crippen molar-refractivity contribution in [1.82, 2.24) is 4.90 Å². The molecule has 0 saturated heterocycles. The molecule has 1 rings (SSSR count). The van der Waals surface area contributed by atoms with Gasteiger partial charge >= 0.3 is 0 Å². The topological polar surface area (TPSA) is 29.3 Å². The lowest BCUT2D eigenvalue weighted by Gasteiger charge is -2.16. The van der Waals surface area contributed by atoms with E-state index < -0.39 is 0 Å². The van der Waals surface area contributed by atoms with E-state index in [2.05, 4.69) is 43.1 Å². The zero-order chi connectivity index (χ0) is 11.1. The standard InChI is InChI=1S/C13H22N2/c1-12-5-7-13(8-6-12)11-15(2)10-4-3-9-14/h5-8H,3-4,9-11,14H2,1-2H3. The van der Waals surface area contributed by atoms with Crippen molar-refractivity contribution in [3.05, 3.63) is 35.4 Å². The van der Waals surface area contributed by atoms with E-state index in [1.807, 2.05) is 0 Å². The van der Waals surface area contributed by atoms with Crippen molar-refractivity contribution in [1.29, 1.82) is 0 Å². The molecule has 1 aromatic carbocycles. The normalized spacial score (nSPS) is 10.9. The molecule has 0 aromatic heterocycles. The highest BCUT2D eigenvalue weighted by molar-refractivity contribution is 5.21. The third-order valence-electron chi connectivity index (χ3n) is 2.57. The molecule has 0 radical (unpaired) electrons. The molecular weight excluding hydrogens is 184 g/mol. The van der Waals surface area contributed by atoms with Gasteiger partial charge in [-0.05, 0) is 45.5 Å². The maximum Gasteiger partial charge on any atom is 0.0230 e. The second-order valence-corrected chi connectivity index (χ2v) is 4.22. The molecule has 0 fully saturated rings. The molecule has 0 aliphatic carbocycles. The second kappa shape index (κ2) is 6.59. The minimum absolute atomic E-state index is 0.804. The maximum absolute atomic E-state index is 5.47. The highest BCUT2D eigenvalue weighted by Gasteiger charge is 1.99. The molecule has 0 unspecified atom stereocenters. The first-order valence-corrected chi connectivity index (χ1v) is 5.66. The van der Waals surface area contributed by atoms with Gasteiger partial charge in [0.1, 0.15) is 0 Å². The number of nitrogens with zero attached hydrogens (tertiary/aromatic N) is 1. The Bertz CT molecular complexity index is 266. The number of hydrogen-bond donors (Lipinski definition) is 1. The number of benzene rings is 1. The molecule has 2 nitrogen and oxygen atoms in total. The lowest BCUT2D eigenvalue weighted by atomic mass is 10.1. The summed E-state index contributed by atoms with van der Waals surface area (Å²) < 4.78 is 0. The predicted molar refractivity (Wildman–Crippen MR) is 65.8 cm³/mol. The monoisotopic (exact) mass is 206 g/mol. The molecule has 0 saturated carbocycles. The van der Waals surface area contributed by atoms with Crippen LogP contribution in [0.3, 0.4) is 0 Å². The molecule has 0 spiro atoms. The van der Waals surface area contributed by atoms with Crippen LogP contribution in [0.4, 0.5) is 0 Å². The van der Waals surface area contributed by atoms with E-state index in [4.69, 9.17) is 5.73 Å². The van der Waals surface area contributed by atoms with Crippen LogP contribution in [0.2, 0.25) is 0 Å². The van der Waals surface area contributed by atoms with Crippen molar-refractivity contribution >= 4 is 0 Å². The molecule has 0 bridgehead atoms. The Labute approximate surface area is 93.1 Å². The van der Waals surface area contributed by atoms with Crippen LogP contribution in [0, 0.1) is 6.92 Å². The van der Waals surface area contributed by atoms with Gasteiger partial charge in [0.25, 0.3) is 0 Å². The van der Waals surface area contributed by atoms with Crippen LogP contribution in [-0.2, 0) is 6.54 Å². The van der Waals surface area contributed by atoms with Crippen LogP contribution in [0.15, 0.2) is 24.3 Å². The van der Waals surface area contributed by atoms with Gasteiger partial charge in [-0.1, -0.05) is 29.8 Å². The molecule has 0 aliphatic heterocycles.